The average molecular weight is 391 g/mol. The fourth-order valence-electron chi connectivity index (χ4n) is 2.47. The van der Waals surface area contributed by atoms with Gasteiger partial charge in [-0.05, 0) is 30.3 Å². The molecule has 0 unspecified atom stereocenters. The van der Waals surface area contributed by atoms with Crippen molar-refractivity contribution in [3.8, 4) is 11.5 Å². The summed E-state index contributed by atoms with van der Waals surface area (Å²) in [6.07, 6.45) is -0.808. The molecular weight excluding hydrogens is 378 g/mol. The van der Waals surface area contributed by atoms with E-state index in [0.29, 0.717) is 26.8 Å². The summed E-state index contributed by atoms with van der Waals surface area (Å²) >= 11 is 1.15. The van der Waals surface area contributed by atoms with Gasteiger partial charge in [-0.2, -0.15) is 0 Å². The number of carbonyl (C=O) groups excluding carboxylic acids is 1. The Kier molecular flexibility index (Phi) is 4.02. The van der Waals surface area contributed by atoms with Gasteiger partial charge in [0.1, 0.15) is 6.61 Å². The van der Waals surface area contributed by atoms with E-state index in [9.17, 15) is 13.2 Å². The number of nitrogens with zero attached hydrogens (tertiary/aromatic N) is 1. The molecule has 1 atom stereocenters. The maximum Gasteiger partial charge on any atom is 0.270 e. The fourth-order valence-corrected chi connectivity index (χ4v) is 3.99. The lowest BCUT2D eigenvalue weighted by molar-refractivity contribution is -0.125. The number of ether oxygens (including phenoxy) is 2. The largest absolute Gasteiger partial charge is 0.485 e. The summed E-state index contributed by atoms with van der Waals surface area (Å²) in [7, 11) is -3.80. The lowest BCUT2D eigenvalue weighted by Crippen LogP contribution is -2.40. The predicted molar refractivity (Wildman–Crippen MR) is 96.0 cm³/mol. The number of benzene rings is 2. The molecule has 1 aliphatic heterocycles. The molecule has 3 aromatic rings. The fraction of sp³-hybridized carbons (Fsp3) is 0.125. The molecule has 2 heterocycles. The maximum atomic E-state index is 12.4. The minimum absolute atomic E-state index is 0.00727. The monoisotopic (exact) mass is 391 g/mol. The van der Waals surface area contributed by atoms with Crippen LogP contribution in [0.1, 0.15) is 0 Å². The normalized spacial score (nSPS) is 16.4. The maximum absolute atomic E-state index is 12.4. The van der Waals surface area contributed by atoms with Crippen LogP contribution in [0.4, 0.5) is 5.13 Å². The number of nitrogens with two attached hydrogens (primary N) is 1. The molecule has 0 bridgehead atoms. The number of anilines is 1. The van der Waals surface area contributed by atoms with E-state index in [1.165, 1.54) is 18.2 Å². The molecule has 0 radical (unpaired) electrons. The van der Waals surface area contributed by atoms with E-state index >= 15 is 0 Å². The van der Waals surface area contributed by atoms with E-state index in [1.807, 2.05) is 6.07 Å². The van der Waals surface area contributed by atoms with Crippen molar-refractivity contribution in [3.05, 3.63) is 42.5 Å². The number of hydrogen-bond donors (Lipinski definition) is 2. The molecule has 1 amide bonds. The number of para-hydroxylation sites is 2. The molecular formula is C16H13N3O5S2. The number of amides is 1. The van der Waals surface area contributed by atoms with Gasteiger partial charge in [0.25, 0.3) is 5.91 Å². The molecule has 0 saturated carbocycles. The molecule has 3 N–H and O–H groups in total. The average Bonchev–Trinajstić information content (AvgIpc) is 3.01. The minimum atomic E-state index is -3.80. The third-order valence-electron chi connectivity index (χ3n) is 3.72. The molecule has 8 nitrogen and oxygen atoms in total. The first-order valence-corrected chi connectivity index (χ1v) is 9.89. The lowest BCUT2D eigenvalue weighted by Gasteiger charge is -2.25. The number of carbonyl (C=O) groups is 1. The van der Waals surface area contributed by atoms with Crippen molar-refractivity contribution in [2.24, 2.45) is 5.14 Å². The number of nitrogens with one attached hydrogen (secondary N) is 1. The van der Waals surface area contributed by atoms with E-state index in [1.54, 1.807) is 18.2 Å². The third-order valence-corrected chi connectivity index (χ3v) is 5.56. The van der Waals surface area contributed by atoms with E-state index in [4.69, 9.17) is 14.6 Å². The van der Waals surface area contributed by atoms with Crippen molar-refractivity contribution in [2.75, 3.05) is 11.9 Å². The first kappa shape index (κ1) is 16.8. The van der Waals surface area contributed by atoms with Gasteiger partial charge in [0.2, 0.25) is 16.1 Å². The smallest absolute Gasteiger partial charge is 0.270 e. The minimum Gasteiger partial charge on any atom is -0.485 e. The summed E-state index contributed by atoms with van der Waals surface area (Å²) in [5.74, 6) is 0.693. The van der Waals surface area contributed by atoms with Gasteiger partial charge in [0.15, 0.2) is 16.6 Å². The van der Waals surface area contributed by atoms with Gasteiger partial charge in [-0.3, -0.25) is 10.1 Å². The quantitative estimate of drug-likeness (QED) is 0.701. The highest BCUT2D eigenvalue weighted by Crippen LogP contribution is 2.32. The van der Waals surface area contributed by atoms with Gasteiger partial charge in [0.05, 0.1) is 15.1 Å². The van der Waals surface area contributed by atoms with Crippen LogP contribution in [0.25, 0.3) is 10.2 Å². The van der Waals surface area contributed by atoms with Crippen molar-refractivity contribution < 1.29 is 22.7 Å². The summed E-state index contributed by atoms with van der Waals surface area (Å²) in [5.41, 5.74) is 0.559. The Balaban J connectivity index is 1.53. The van der Waals surface area contributed by atoms with Crippen LogP contribution in [0, 0.1) is 0 Å². The van der Waals surface area contributed by atoms with Crippen molar-refractivity contribution in [1.29, 1.82) is 0 Å². The summed E-state index contributed by atoms with van der Waals surface area (Å²) < 4.78 is 34.6. The van der Waals surface area contributed by atoms with Crippen LogP contribution in [0.5, 0.6) is 11.5 Å². The lowest BCUT2D eigenvalue weighted by atomic mass is 10.2. The summed E-state index contributed by atoms with van der Waals surface area (Å²) in [5, 5.41) is 8.13. The number of primary sulfonamides is 1. The third kappa shape index (κ3) is 3.21. The Labute approximate surface area is 152 Å². The molecule has 0 fully saturated rings. The zero-order valence-corrected chi connectivity index (χ0v) is 14.8. The summed E-state index contributed by atoms with van der Waals surface area (Å²) in [6, 6.07) is 11.4. The van der Waals surface area contributed by atoms with Crippen LogP contribution in [0.3, 0.4) is 0 Å². The molecule has 134 valence electrons. The number of thiazole rings is 1. The van der Waals surface area contributed by atoms with Crippen LogP contribution >= 0.6 is 11.3 Å². The Bertz CT molecular complexity index is 1110. The van der Waals surface area contributed by atoms with Crippen molar-refractivity contribution >= 4 is 42.6 Å². The molecule has 1 aliphatic rings. The Morgan fingerprint density at radius 2 is 2.00 bits per heavy atom. The van der Waals surface area contributed by atoms with Gasteiger partial charge in [0, 0.05) is 0 Å². The molecule has 10 heteroatoms. The van der Waals surface area contributed by atoms with Gasteiger partial charge in [-0.1, -0.05) is 23.5 Å². The predicted octanol–water partition coefficient (Wildman–Crippen LogP) is 1.72. The highest BCUT2D eigenvalue weighted by atomic mass is 32.2. The zero-order valence-electron chi connectivity index (χ0n) is 13.2. The number of hydrogen-bond acceptors (Lipinski definition) is 7. The van der Waals surface area contributed by atoms with Crippen LogP contribution in [-0.2, 0) is 14.8 Å². The van der Waals surface area contributed by atoms with Gasteiger partial charge >= 0.3 is 0 Å². The van der Waals surface area contributed by atoms with E-state index < -0.39 is 22.0 Å². The standard InChI is InChI=1S/C16H13N3O5S2/c17-26(21,22)9-5-6-10-14(7-9)25-16(18-10)19-15(20)13-8-23-11-3-1-2-4-12(11)24-13/h1-7,13H,8H2,(H2,17,21,22)(H,18,19,20)/t13-/m1/s1. The van der Waals surface area contributed by atoms with Gasteiger partial charge in [-0.15, -0.1) is 0 Å². The molecule has 0 spiro atoms. The topological polar surface area (TPSA) is 121 Å². The van der Waals surface area contributed by atoms with E-state index in [0.717, 1.165) is 11.3 Å². The molecule has 0 saturated heterocycles. The second kappa shape index (κ2) is 6.24. The highest BCUT2D eigenvalue weighted by molar-refractivity contribution is 7.89. The number of fused-ring (bicyclic) bond motifs is 2. The Morgan fingerprint density at radius 1 is 1.23 bits per heavy atom. The molecule has 2 aromatic carbocycles. The molecule has 4 rings (SSSR count). The first-order valence-electron chi connectivity index (χ1n) is 7.53. The van der Waals surface area contributed by atoms with Crippen LogP contribution in [0.2, 0.25) is 0 Å². The number of sulfonamides is 1. The van der Waals surface area contributed by atoms with Crippen molar-refractivity contribution in [3.63, 3.8) is 0 Å². The molecule has 1 aromatic heterocycles. The Hall–Kier alpha value is -2.69. The SMILES string of the molecule is NS(=O)(=O)c1ccc2nc(NC(=O)[C@H]3COc4ccccc4O3)sc2c1. The highest BCUT2D eigenvalue weighted by Gasteiger charge is 2.28. The van der Waals surface area contributed by atoms with Crippen LogP contribution in [0.15, 0.2) is 47.4 Å². The summed E-state index contributed by atoms with van der Waals surface area (Å²) in [4.78, 5) is 16.7. The van der Waals surface area contributed by atoms with E-state index in [-0.39, 0.29) is 11.5 Å². The zero-order chi connectivity index (χ0) is 18.3. The van der Waals surface area contributed by atoms with Crippen LogP contribution in [-0.4, -0.2) is 32.0 Å². The first-order chi connectivity index (χ1) is 12.4. The molecule has 0 aliphatic carbocycles. The van der Waals surface area contributed by atoms with Crippen LogP contribution < -0.4 is 19.9 Å². The number of rotatable bonds is 3. The van der Waals surface area contributed by atoms with Crippen molar-refractivity contribution in [2.45, 2.75) is 11.0 Å². The second-order valence-corrected chi connectivity index (χ2v) is 8.14. The second-order valence-electron chi connectivity index (χ2n) is 5.55. The van der Waals surface area contributed by atoms with Gasteiger partial charge < -0.3 is 9.47 Å². The Morgan fingerprint density at radius 3 is 2.77 bits per heavy atom. The summed E-state index contributed by atoms with van der Waals surface area (Å²) in [6.45, 7) is 0.0866. The molecule has 26 heavy (non-hydrogen) atoms. The number of aromatic nitrogens is 1. The van der Waals surface area contributed by atoms with Crippen molar-refractivity contribution in [1.82, 2.24) is 4.98 Å². The van der Waals surface area contributed by atoms with Gasteiger partial charge in [-0.25, -0.2) is 18.5 Å². The van der Waals surface area contributed by atoms with E-state index in [2.05, 4.69) is 10.3 Å².